The Morgan fingerprint density at radius 1 is 1.43 bits per heavy atom. The molecule has 1 aromatic heterocycles. The normalized spacial score (nSPS) is 18.2. The van der Waals surface area contributed by atoms with E-state index in [2.05, 4.69) is 18.7 Å². The van der Waals surface area contributed by atoms with Crippen LogP contribution in [0.1, 0.15) is 43.8 Å². The van der Waals surface area contributed by atoms with Crippen LogP contribution in [0, 0.1) is 5.41 Å². The molecule has 1 saturated heterocycles. The number of carbonyl (C=O) groups excluding carboxylic acids is 1. The van der Waals surface area contributed by atoms with Crippen molar-refractivity contribution >= 4 is 37.6 Å². The van der Waals surface area contributed by atoms with Crippen molar-refractivity contribution in [1.82, 2.24) is 0 Å². The van der Waals surface area contributed by atoms with Crippen LogP contribution in [0.5, 0.6) is 0 Å². The summed E-state index contributed by atoms with van der Waals surface area (Å²) in [6.07, 6.45) is 0.992. The maximum Gasteiger partial charge on any atom is 0.183 e. The van der Waals surface area contributed by atoms with Gasteiger partial charge in [-0.05, 0) is 11.8 Å². The molecule has 0 aliphatic carbocycles. The molecule has 0 aromatic carbocycles. The molecule has 21 heavy (non-hydrogen) atoms. The van der Waals surface area contributed by atoms with E-state index in [0.29, 0.717) is 9.88 Å². The molecular weight excluding hydrogens is 308 g/mol. The maximum atomic E-state index is 12.4. The zero-order valence-corrected chi connectivity index (χ0v) is 14.5. The molecule has 118 valence electrons. The van der Waals surface area contributed by atoms with Crippen molar-refractivity contribution in [2.75, 3.05) is 29.5 Å². The van der Waals surface area contributed by atoms with Crippen LogP contribution in [0.3, 0.4) is 0 Å². The van der Waals surface area contributed by atoms with Crippen LogP contribution >= 0.6 is 11.3 Å². The second-order valence-electron chi connectivity index (χ2n) is 6.27. The predicted octanol–water partition coefficient (Wildman–Crippen LogP) is 2.56. The number of anilines is 2. The van der Waals surface area contributed by atoms with E-state index in [1.807, 2.05) is 0 Å². The topological polar surface area (TPSA) is 80.5 Å². The number of thiophene rings is 1. The van der Waals surface area contributed by atoms with Crippen molar-refractivity contribution in [2.24, 2.45) is 5.41 Å². The summed E-state index contributed by atoms with van der Waals surface area (Å²) in [5.74, 6) is -0.204. The first kappa shape index (κ1) is 16.3. The summed E-state index contributed by atoms with van der Waals surface area (Å²) < 4.78 is 24.8. The summed E-state index contributed by atoms with van der Waals surface area (Å²) in [6.45, 7) is 8.89. The predicted molar refractivity (Wildman–Crippen MR) is 87.1 cm³/mol. The summed E-state index contributed by atoms with van der Waals surface area (Å²) in [6, 6.07) is 0. The van der Waals surface area contributed by atoms with E-state index in [4.69, 9.17) is 5.73 Å². The van der Waals surface area contributed by atoms with Crippen LogP contribution in [0.25, 0.3) is 0 Å². The van der Waals surface area contributed by atoms with Crippen LogP contribution in [-0.4, -0.2) is 33.0 Å². The van der Waals surface area contributed by atoms with Crippen LogP contribution < -0.4 is 10.6 Å². The van der Waals surface area contributed by atoms with E-state index in [-0.39, 0.29) is 27.5 Å². The molecule has 1 aromatic rings. The molecule has 2 rings (SSSR count). The molecule has 2 heterocycles. The van der Waals surface area contributed by atoms with Crippen LogP contribution in [0.15, 0.2) is 4.90 Å². The zero-order valence-electron chi connectivity index (χ0n) is 12.9. The lowest BCUT2D eigenvalue weighted by Crippen LogP contribution is -2.23. The number of hydrogen-bond donors (Lipinski definition) is 1. The number of rotatable bonds is 4. The largest absolute Gasteiger partial charge is 0.396 e. The molecule has 0 saturated carbocycles. The third kappa shape index (κ3) is 2.94. The standard InChI is InChI=1S/C14H22N2O3S2/c1-5-21(18,19)12-10(15)11(9(2)17)20-13(12)16-7-6-14(3,4)8-16/h5-8,15H2,1-4H3. The smallest absolute Gasteiger partial charge is 0.183 e. The second kappa shape index (κ2) is 5.28. The molecule has 0 radical (unpaired) electrons. The summed E-state index contributed by atoms with van der Waals surface area (Å²) in [5.41, 5.74) is 6.25. The Balaban J connectivity index is 2.60. The summed E-state index contributed by atoms with van der Waals surface area (Å²) in [4.78, 5) is 14.3. The van der Waals surface area contributed by atoms with Crippen LogP contribution in [-0.2, 0) is 9.84 Å². The monoisotopic (exact) mass is 330 g/mol. The minimum atomic E-state index is -3.46. The lowest BCUT2D eigenvalue weighted by atomic mass is 9.93. The minimum absolute atomic E-state index is 0.0183. The van der Waals surface area contributed by atoms with Crippen molar-refractivity contribution in [1.29, 1.82) is 0 Å². The third-order valence-corrected chi connectivity index (χ3v) is 7.15. The quantitative estimate of drug-likeness (QED) is 0.858. The van der Waals surface area contributed by atoms with Gasteiger partial charge in [0, 0.05) is 20.0 Å². The SMILES string of the molecule is CCS(=O)(=O)c1c(N2CCC(C)(C)C2)sc(C(C)=O)c1N. The molecule has 0 atom stereocenters. The van der Waals surface area contributed by atoms with Gasteiger partial charge in [-0.15, -0.1) is 11.3 Å². The maximum absolute atomic E-state index is 12.4. The number of ketones is 1. The van der Waals surface area contributed by atoms with Crippen molar-refractivity contribution in [3.8, 4) is 0 Å². The van der Waals surface area contributed by atoms with Crippen molar-refractivity contribution in [3.05, 3.63) is 4.88 Å². The summed E-state index contributed by atoms with van der Waals surface area (Å²) in [7, 11) is -3.46. The molecule has 2 N–H and O–H groups in total. The molecule has 0 amide bonds. The van der Waals surface area contributed by atoms with Crippen molar-refractivity contribution in [3.63, 3.8) is 0 Å². The summed E-state index contributed by atoms with van der Waals surface area (Å²) in [5, 5.41) is 0.630. The highest BCUT2D eigenvalue weighted by Crippen LogP contribution is 2.45. The van der Waals surface area contributed by atoms with E-state index in [1.54, 1.807) is 6.92 Å². The van der Waals surface area contributed by atoms with Gasteiger partial charge in [0.1, 0.15) is 9.90 Å². The molecule has 0 spiro atoms. The minimum Gasteiger partial charge on any atom is -0.396 e. The van der Waals surface area contributed by atoms with Gasteiger partial charge in [-0.25, -0.2) is 8.42 Å². The highest BCUT2D eigenvalue weighted by Gasteiger charge is 2.36. The first-order valence-corrected chi connectivity index (χ1v) is 9.47. The van der Waals surface area contributed by atoms with E-state index < -0.39 is 9.84 Å². The van der Waals surface area contributed by atoms with Gasteiger partial charge >= 0.3 is 0 Å². The van der Waals surface area contributed by atoms with E-state index >= 15 is 0 Å². The molecule has 7 heteroatoms. The Morgan fingerprint density at radius 2 is 2.05 bits per heavy atom. The van der Waals surface area contributed by atoms with E-state index in [0.717, 1.165) is 19.5 Å². The van der Waals surface area contributed by atoms with Gasteiger partial charge in [0.25, 0.3) is 0 Å². The van der Waals surface area contributed by atoms with Crippen LogP contribution in [0.2, 0.25) is 0 Å². The number of nitrogens with zero attached hydrogens (tertiary/aromatic N) is 1. The fraction of sp³-hybridized carbons (Fsp3) is 0.643. The number of nitrogens with two attached hydrogens (primary N) is 1. The van der Waals surface area contributed by atoms with Gasteiger partial charge in [0.2, 0.25) is 0 Å². The first-order valence-electron chi connectivity index (χ1n) is 7.00. The number of carbonyl (C=O) groups is 1. The van der Waals surface area contributed by atoms with Crippen molar-refractivity contribution in [2.45, 2.75) is 39.0 Å². The van der Waals surface area contributed by atoms with E-state index in [9.17, 15) is 13.2 Å². The average Bonchev–Trinajstić information content (AvgIpc) is 2.89. The average molecular weight is 330 g/mol. The molecule has 1 fully saturated rings. The molecule has 1 aliphatic heterocycles. The van der Waals surface area contributed by atoms with Gasteiger partial charge < -0.3 is 10.6 Å². The lowest BCUT2D eigenvalue weighted by molar-refractivity contribution is 0.102. The summed E-state index contributed by atoms with van der Waals surface area (Å²) >= 11 is 1.21. The highest BCUT2D eigenvalue weighted by molar-refractivity contribution is 7.92. The zero-order chi connectivity index (χ0) is 16.0. The van der Waals surface area contributed by atoms with Gasteiger partial charge in [0.15, 0.2) is 15.6 Å². The fourth-order valence-electron chi connectivity index (χ4n) is 2.62. The number of hydrogen-bond acceptors (Lipinski definition) is 6. The molecular formula is C14H22N2O3S2. The number of Topliss-reactive ketones (excluding diaryl/α,β-unsaturated/α-hetero) is 1. The first-order chi connectivity index (χ1) is 9.59. The van der Waals surface area contributed by atoms with Crippen molar-refractivity contribution < 1.29 is 13.2 Å². The molecule has 0 unspecified atom stereocenters. The Morgan fingerprint density at radius 3 is 2.48 bits per heavy atom. The number of nitrogen functional groups attached to an aromatic ring is 1. The van der Waals surface area contributed by atoms with Gasteiger partial charge in [-0.3, -0.25) is 4.79 Å². The molecule has 0 bridgehead atoms. The second-order valence-corrected chi connectivity index (χ2v) is 9.49. The Bertz CT molecular complexity index is 675. The molecule has 1 aliphatic rings. The van der Waals surface area contributed by atoms with E-state index in [1.165, 1.54) is 18.3 Å². The molecule has 5 nitrogen and oxygen atoms in total. The van der Waals surface area contributed by atoms with Gasteiger partial charge in [-0.1, -0.05) is 20.8 Å². The Hall–Kier alpha value is -1.08. The fourth-order valence-corrected chi connectivity index (χ4v) is 5.34. The number of sulfone groups is 1. The van der Waals surface area contributed by atoms with Gasteiger partial charge in [-0.2, -0.15) is 0 Å². The van der Waals surface area contributed by atoms with Gasteiger partial charge in [0.05, 0.1) is 16.3 Å². The highest BCUT2D eigenvalue weighted by atomic mass is 32.2. The van der Waals surface area contributed by atoms with Crippen LogP contribution in [0.4, 0.5) is 10.7 Å². The Kier molecular flexibility index (Phi) is 4.10. The Labute approximate surface area is 130 Å². The third-order valence-electron chi connectivity index (χ3n) is 3.86. The lowest BCUT2D eigenvalue weighted by Gasteiger charge is -2.21.